The second-order valence-corrected chi connectivity index (χ2v) is 11.8. The summed E-state index contributed by atoms with van der Waals surface area (Å²) in [7, 11) is -0.689. The minimum Gasteiger partial charge on any atom is -0.432 e. The fourth-order valence-corrected chi connectivity index (χ4v) is 6.70. The van der Waals surface area contributed by atoms with Gasteiger partial charge in [0.25, 0.3) is 0 Å². The zero-order valence-electron chi connectivity index (χ0n) is 20.9. The van der Waals surface area contributed by atoms with E-state index < -0.39 is 10.8 Å². The molecule has 0 unspecified atom stereocenters. The lowest BCUT2D eigenvalue weighted by Gasteiger charge is -2.28. The first kappa shape index (κ1) is 23.0. The van der Waals surface area contributed by atoms with Gasteiger partial charge in [-0.05, 0) is 42.2 Å². The summed E-state index contributed by atoms with van der Waals surface area (Å²) in [5.74, 6) is 2.99. The molecular formula is C28H29N5O3S. The van der Waals surface area contributed by atoms with Crippen LogP contribution in [-0.2, 0) is 28.5 Å². The minimum atomic E-state index is -0.689. The summed E-state index contributed by atoms with van der Waals surface area (Å²) in [5.41, 5.74) is 7.94. The van der Waals surface area contributed by atoms with Gasteiger partial charge in [0, 0.05) is 66.8 Å². The fraction of sp³-hybridized carbons (Fsp3) is 0.393. The van der Waals surface area contributed by atoms with E-state index in [0.29, 0.717) is 30.3 Å². The van der Waals surface area contributed by atoms with Crippen LogP contribution in [0.4, 0.5) is 5.82 Å². The summed E-state index contributed by atoms with van der Waals surface area (Å²) >= 11 is 0. The smallest absolute Gasteiger partial charge is 0.229 e. The molecule has 3 aromatic heterocycles. The lowest BCUT2D eigenvalue weighted by Crippen LogP contribution is -2.37. The van der Waals surface area contributed by atoms with E-state index in [4.69, 9.17) is 19.1 Å². The predicted molar refractivity (Wildman–Crippen MR) is 146 cm³/mol. The molecule has 9 heteroatoms. The number of fused-ring (bicyclic) bond motifs is 4. The Morgan fingerprint density at radius 1 is 1.05 bits per heavy atom. The molecule has 190 valence electrons. The van der Waals surface area contributed by atoms with Crippen molar-refractivity contribution in [2.24, 2.45) is 0 Å². The second-order valence-electron chi connectivity index (χ2n) is 10.1. The highest BCUT2D eigenvalue weighted by atomic mass is 32.2. The zero-order chi connectivity index (χ0) is 24.9. The van der Waals surface area contributed by atoms with Crippen molar-refractivity contribution in [3.8, 4) is 11.4 Å². The van der Waals surface area contributed by atoms with Gasteiger partial charge in [-0.2, -0.15) is 0 Å². The molecule has 0 saturated carbocycles. The number of hydrogen-bond donors (Lipinski definition) is 0. The van der Waals surface area contributed by atoms with Crippen LogP contribution >= 0.6 is 0 Å². The van der Waals surface area contributed by atoms with Crippen molar-refractivity contribution >= 4 is 44.9 Å². The maximum Gasteiger partial charge on any atom is 0.229 e. The van der Waals surface area contributed by atoms with Crippen LogP contribution in [0.2, 0.25) is 0 Å². The third kappa shape index (κ3) is 4.24. The van der Waals surface area contributed by atoms with Gasteiger partial charge in [0.05, 0.1) is 18.6 Å². The molecule has 0 amide bonds. The first-order valence-electron chi connectivity index (χ1n) is 12.9. The van der Waals surface area contributed by atoms with Crippen LogP contribution in [0.25, 0.3) is 39.7 Å². The maximum atomic E-state index is 11.8. The van der Waals surface area contributed by atoms with Crippen LogP contribution in [-0.4, -0.2) is 75.0 Å². The third-order valence-electron chi connectivity index (χ3n) is 7.47. The average molecular weight is 516 g/mol. The fourth-order valence-electron chi connectivity index (χ4n) is 5.57. The number of benzene rings is 1. The van der Waals surface area contributed by atoms with E-state index in [1.54, 1.807) is 0 Å². The standard InChI is InChI=1S/C28H29N5O3S/c1-18-13-20-3-2-4-21(20)22(14-18)26-30-24-23-15-19(17-32-7-11-37(34)12-8-32)16-29-28(23)36-25(24)27(31-26)33-5-9-35-10-6-33/h2,4,13-16H,3,5-12,17H2,1H3. The van der Waals surface area contributed by atoms with E-state index in [1.807, 2.05) is 6.20 Å². The highest BCUT2D eigenvalue weighted by Crippen LogP contribution is 2.37. The summed E-state index contributed by atoms with van der Waals surface area (Å²) < 4.78 is 23.7. The van der Waals surface area contributed by atoms with E-state index in [9.17, 15) is 4.21 Å². The SMILES string of the molecule is Cc1cc2c(c(-c3nc(N4CCOCC4)c4oc5ncc(CN6CCS(=O)CC6)cc5c4n3)c1)C=CC2. The number of aryl methyl sites for hydroxylation is 1. The Balaban J connectivity index is 1.38. The Hall–Kier alpha value is -3.14. The minimum absolute atomic E-state index is 0.578. The Bertz CT molecular complexity index is 1560. The average Bonchev–Trinajstić information content (AvgIpc) is 3.54. The molecule has 0 N–H and O–H groups in total. The van der Waals surface area contributed by atoms with Crippen molar-refractivity contribution < 1.29 is 13.4 Å². The molecule has 37 heavy (non-hydrogen) atoms. The van der Waals surface area contributed by atoms with Crippen LogP contribution in [0.1, 0.15) is 22.3 Å². The molecule has 2 aliphatic heterocycles. The summed E-state index contributed by atoms with van der Waals surface area (Å²) in [6.07, 6.45) is 7.21. The Kier molecular flexibility index (Phi) is 5.79. The molecule has 0 spiro atoms. The monoisotopic (exact) mass is 515 g/mol. The topological polar surface area (TPSA) is 84.6 Å². The zero-order valence-corrected chi connectivity index (χ0v) is 21.7. The number of morpholine rings is 1. The number of pyridine rings is 1. The highest BCUT2D eigenvalue weighted by molar-refractivity contribution is 7.85. The predicted octanol–water partition coefficient (Wildman–Crippen LogP) is 3.72. The molecule has 2 fully saturated rings. The summed E-state index contributed by atoms with van der Waals surface area (Å²) in [6, 6.07) is 6.59. The summed E-state index contributed by atoms with van der Waals surface area (Å²) in [4.78, 5) is 19.5. The van der Waals surface area contributed by atoms with Gasteiger partial charge in [-0.15, -0.1) is 0 Å². The lowest BCUT2D eigenvalue weighted by atomic mass is 9.99. The summed E-state index contributed by atoms with van der Waals surface area (Å²) in [6.45, 7) is 7.42. The maximum absolute atomic E-state index is 11.8. The van der Waals surface area contributed by atoms with Crippen molar-refractivity contribution in [2.75, 3.05) is 55.8 Å². The second kappa shape index (κ2) is 9.31. The van der Waals surface area contributed by atoms with E-state index in [-0.39, 0.29) is 0 Å². The van der Waals surface area contributed by atoms with Gasteiger partial charge >= 0.3 is 0 Å². The number of nitrogens with zero attached hydrogens (tertiary/aromatic N) is 5. The first-order chi connectivity index (χ1) is 18.1. The lowest BCUT2D eigenvalue weighted by molar-refractivity contribution is 0.122. The van der Waals surface area contributed by atoms with Crippen molar-refractivity contribution in [1.29, 1.82) is 0 Å². The largest absolute Gasteiger partial charge is 0.432 e. The Morgan fingerprint density at radius 3 is 2.73 bits per heavy atom. The van der Waals surface area contributed by atoms with E-state index >= 15 is 0 Å². The van der Waals surface area contributed by atoms with Gasteiger partial charge in [0.2, 0.25) is 5.71 Å². The number of rotatable bonds is 4. The number of anilines is 1. The third-order valence-corrected chi connectivity index (χ3v) is 8.75. The highest BCUT2D eigenvalue weighted by Gasteiger charge is 2.25. The van der Waals surface area contributed by atoms with Gasteiger partial charge < -0.3 is 14.1 Å². The number of hydrogen-bond acceptors (Lipinski definition) is 8. The molecule has 1 aliphatic carbocycles. The van der Waals surface area contributed by atoms with Crippen LogP contribution in [0.5, 0.6) is 0 Å². The van der Waals surface area contributed by atoms with Crippen LogP contribution < -0.4 is 4.90 Å². The van der Waals surface area contributed by atoms with Gasteiger partial charge in [0.15, 0.2) is 17.2 Å². The molecule has 0 atom stereocenters. The molecule has 0 radical (unpaired) electrons. The van der Waals surface area contributed by atoms with Crippen molar-refractivity contribution in [3.63, 3.8) is 0 Å². The molecule has 1 aromatic carbocycles. The van der Waals surface area contributed by atoms with Gasteiger partial charge in [-0.25, -0.2) is 15.0 Å². The molecular weight excluding hydrogens is 486 g/mol. The molecule has 3 aliphatic rings. The first-order valence-corrected chi connectivity index (χ1v) is 14.4. The number of ether oxygens (including phenoxy) is 1. The Labute approximate surface area is 217 Å². The normalized spacial score (nSPS) is 18.8. The Morgan fingerprint density at radius 2 is 1.89 bits per heavy atom. The van der Waals surface area contributed by atoms with Gasteiger partial charge in [-0.3, -0.25) is 9.11 Å². The number of aromatic nitrogens is 3. The van der Waals surface area contributed by atoms with Crippen molar-refractivity contribution in [3.05, 3.63) is 52.7 Å². The van der Waals surface area contributed by atoms with Crippen LogP contribution in [0.3, 0.4) is 0 Å². The quantitative estimate of drug-likeness (QED) is 0.407. The molecule has 4 aromatic rings. The number of furan rings is 1. The molecule has 7 rings (SSSR count). The van der Waals surface area contributed by atoms with Gasteiger partial charge in [0.1, 0.15) is 5.52 Å². The van der Waals surface area contributed by atoms with E-state index in [2.05, 4.69) is 52.1 Å². The van der Waals surface area contributed by atoms with Crippen molar-refractivity contribution in [2.45, 2.75) is 19.9 Å². The molecule has 8 nitrogen and oxygen atoms in total. The van der Waals surface area contributed by atoms with E-state index in [0.717, 1.165) is 78.5 Å². The van der Waals surface area contributed by atoms with Crippen molar-refractivity contribution in [1.82, 2.24) is 19.9 Å². The summed E-state index contributed by atoms with van der Waals surface area (Å²) in [5, 5.41) is 0.908. The van der Waals surface area contributed by atoms with E-state index in [1.165, 1.54) is 16.7 Å². The number of allylic oxidation sites excluding steroid dienone is 1. The molecule has 5 heterocycles. The van der Waals surface area contributed by atoms with Crippen LogP contribution in [0.15, 0.2) is 34.9 Å². The molecule has 2 saturated heterocycles. The molecule has 0 bridgehead atoms. The van der Waals surface area contributed by atoms with Gasteiger partial charge in [-0.1, -0.05) is 23.8 Å². The van der Waals surface area contributed by atoms with Crippen LogP contribution in [0, 0.1) is 6.92 Å².